The van der Waals surface area contributed by atoms with E-state index < -0.39 is 10.0 Å². The summed E-state index contributed by atoms with van der Waals surface area (Å²) >= 11 is 0. The standard InChI is InChI=1S/C24H34N4O5S/c1-34(31,32)27-21-5-2-4-20(16-21)24(30)26-11-3-15-33-23-8-6-19(7-9-23)18-28-13-12-25-17-22(28)10-14-29/h2,4-9,16,22,25,27,29H,3,10-15,17-18H2,1H3,(H,26,30). The van der Waals surface area contributed by atoms with Crippen LogP contribution in [0.25, 0.3) is 0 Å². The van der Waals surface area contributed by atoms with Crippen LogP contribution in [-0.2, 0) is 16.6 Å². The Morgan fingerprint density at radius 3 is 2.76 bits per heavy atom. The van der Waals surface area contributed by atoms with Gasteiger partial charge in [-0.25, -0.2) is 8.42 Å². The Morgan fingerprint density at radius 2 is 2.03 bits per heavy atom. The first kappa shape index (κ1) is 26.0. The van der Waals surface area contributed by atoms with Gasteiger partial charge in [0.15, 0.2) is 0 Å². The van der Waals surface area contributed by atoms with Gasteiger partial charge < -0.3 is 20.5 Å². The number of sulfonamides is 1. The van der Waals surface area contributed by atoms with Gasteiger partial charge in [-0.1, -0.05) is 18.2 Å². The van der Waals surface area contributed by atoms with Gasteiger partial charge in [0.05, 0.1) is 12.9 Å². The second-order valence-corrected chi connectivity index (χ2v) is 10.1. The van der Waals surface area contributed by atoms with Gasteiger partial charge in [-0.15, -0.1) is 0 Å². The van der Waals surface area contributed by atoms with E-state index in [4.69, 9.17) is 4.74 Å². The molecule has 1 fully saturated rings. The Kier molecular flexibility index (Phi) is 9.70. The molecule has 1 aliphatic heterocycles. The van der Waals surface area contributed by atoms with E-state index in [1.165, 1.54) is 11.6 Å². The second-order valence-electron chi connectivity index (χ2n) is 8.40. The van der Waals surface area contributed by atoms with Crippen molar-refractivity contribution in [2.45, 2.75) is 25.4 Å². The molecule has 4 N–H and O–H groups in total. The van der Waals surface area contributed by atoms with Crippen LogP contribution in [0.15, 0.2) is 48.5 Å². The number of aliphatic hydroxyl groups is 1. The monoisotopic (exact) mass is 490 g/mol. The molecule has 1 aliphatic rings. The average Bonchev–Trinajstić information content (AvgIpc) is 2.80. The molecule has 1 heterocycles. The second kappa shape index (κ2) is 12.7. The van der Waals surface area contributed by atoms with Gasteiger partial charge in [-0.2, -0.15) is 0 Å². The lowest BCUT2D eigenvalue weighted by atomic mass is 10.1. The van der Waals surface area contributed by atoms with Crippen molar-refractivity contribution in [3.05, 3.63) is 59.7 Å². The van der Waals surface area contributed by atoms with Crippen molar-refractivity contribution in [1.82, 2.24) is 15.5 Å². The fourth-order valence-corrected chi connectivity index (χ4v) is 4.43. The van der Waals surface area contributed by atoms with Crippen LogP contribution in [0.4, 0.5) is 5.69 Å². The maximum absolute atomic E-state index is 12.3. The number of ether oxygens (including phenoxy) is 1. The first-order chi connectivity index (χ1) is 16.3. The number of carbonyl (C=O) groups is 1. The van der Waals surface area contributed by atoms with Crippen LogP contribution in [0.1, 0.15) is 28.8 Å². The van der Waals surface area contributed by atoms with E-state index in [9.17, 15) is 18.3 Å². The maximum atomic E-state index is 12.3. The predicted octanol–water partition coefficient (Wildman–Crippen LogP) is 1.41. The van der Waals surface area contributed by atoms with Gasteiger partial charge in [0.25, 0.3) is 5.91 Å². The van der Waals surface area contributed by atoms with Crippen LogP contribution >= 0.6 is 0 Å². The molecule has 1 saturated heterocycles. The molecule has 1 unspecified atom stereocenters. The molecule has 0 spiro atoms. The van der Waals surface area contributed by atoms with E-state index in [2.05, 4.69) is 32.4 Å². The number of nitrogens with zero attached hydrogens (tertiary/aromatic N) is 1. The molecular formula is C24H34N4O5S. The topological polar surface area (TPSA) is 120 Å². The molecule has 2 aromatic rings. The van der Waals surface area contributed by atoms with Gasteiger partial charge >= 0.3 is 0 Å². The number of nitrogens with one attached hydrogen (secondary N) is 3. The first-order valence-electron chi connectivity index (χ1n) is 11.5. The first-order valence-corrected chi connectivity index (χ1v) is 13.4. The molecule has 186 valence electrons. The van der Waals surface area contributed by atoms with Crippen molar-refractivity contribution in [3.63, 3.8) is 0 Å². The smallest absolute Gasteiger partial charge is 0.251 e. The fourth-order valence-electron chi connectivity index (χ4n) is 3.87. The average molecular weight is 491 g/mol. The Morgan fingerprint density at radius 1 is 1.24 bits per heavy atom. The summed E-state index contributed by atoms with van der Waals surface area (Å²) in [6.45, 7) is 4.78. The van der Waals surface area contributed by atoms with Gasteiger partial charge in [0.2, 0.25) is 10.0 Å². The number of benzene rings is 2. The Balaban J connectivity index is 1.38. The molecule has 0 radical (unpaired) electrons. The fraction of sp³-hybridized carbons (Fsp3) is 0.458. The van der Waals surface area contributed by atoms with Gasteiger partial charge in [0.1, 0.15) is 5.75 Å². The number of carbonyl (C=O) groups excluding carboxylic acids is 1. The van der Waals surface area contributed by atoms with E-state index in [1.807, 2.05) is 12.1 Å². The molecule has 0 aliphatic carbocycles. The quantitative estimate of drug-likeness (QED) is 0.332. The van der Waals surface area contributed by atoms with Crippen LogP contribution < -0.4 is 20.1 Å². The Hall–Kier alpha value is -2.66. The predicted molar refractivity (Wildman–Crippen MR) is 133 cm³/mol. The molecule has 1 amide bonds. The number of rotatable bonds is 12. The highest BCUT2D eigenvalue weighted by atomic mass is 32.2. The van der Waals surface area contributed by atoms with Crippen molar-refractivity contribution in [3.8, 4) is 5.75 Å². The minimum absolute atomic E-state index is 0.197. The molecule has 9 nitrogen and oxygen atoms in total. The van der Waals surface area contributed by atoms with Crippen LogP contribution in [0.3, 0.4) is 0 Å². The zero-order valence-electron chi connectivity index (χ0n) is 19.5. The van der Waals surface area contributed by atoms with Crippen LogP contribution in [0.2, 0.25) is 0 Å². The van der Waals surface area contributed by atoms with E-state index in [0.29, 0.717) is 36.9 Å². The molecule has 0 aromatic heterocycles. The summed E-state index contributed by atoms with van der Waals surface area (Å²) in [6.07, 6.45) is 2.47. The molecule has 0 bridgehead atoms. The number of amides is 1. The number of hydrogen-bond donors (Lipinski definition) is 4. The van der Waals surface area contributed by atoms with Crippen LogP contribution in [0.5, 0.6) is 5.75 Å². The van der Waals surface area contributed by atoms with Gasteiger partial charge in [-0.3, -0.25) is 14.4 Å². The molecule has 2 aromatic carbocycles. The number of aliphatic hydroxyl groups excluding tert-OH is 1. The zero-order valence-corrected chi connectivity index (χ0v) is 20.3. The highest BCUT2D eigenvalue weighted by Gasteiger charge is 2.21. The molecule has 10 heteroatoms. The normalized spacial score (nSPS) is 16.7. The lowest BCUT2D eigenvalue weighted by Crippen LogP contribution is -2.51. The van der Waals surface area contributed by atoms with Crippen molar-refractivity contribution in [2.75, 3.05) is 50.4 Å². The number of anilines is 1. The molecule has 3 rings (SSSR count). The highest BCUT2D eigenvalue weighted by molar-refractivity contribution is 7.92. The third kappa shape index (κ3) is 8.60. The highest BCUT2D eigenvalue weighted by Crippen LogP contribution is 2.17. The van der Waals surface area contributed by atoms with E-state index >= 15 is 0 Å². The summed E-state index contributed by atoms with van der Waals surface area (Å²) in [4.78, 5) is 14.7. The summed E-state index contributed by atoms with van der Waals surface area (Å²) < 4.78 is 30.8. The van der Waals surface area contributed by atoms with Crippen molar-refractivity contribution >= 4 is 21.6 Å². The van der Waals surface area contributed by atoms with Gasteiger partial charge in [0, 0.05) is 56.6 Å². The SMILES string of the molecule is CS(=O)(=O)Nc1cccc(C(=O)NCCCOc2ccc(CN3CCNCC3CCO)cc2)c1. The van der Waals surface area contributed by atoms with Gasteiger partial charge in [-0.05, 0) is 48.7 Å². The minimum atomic E-state index is -3.40. The molecular weight excluding hydrogens is 456 g/mol. The van der Waals surface area contributed by atoms with Crippen LogP contribution in [0, 0.1) is 0 Å². The molecule has 0 saturated carbocycles. The lowest BCUT2D eigenvalue weighted by Gasteiger charge is -2.36. The van der Waals surface area contributed by atoms with E-state index in [0.717, 1.165) is 44.6 Å². The minimum Gasteiger partial charge on any atom is -0.494 e. The largest absolute Gasteiger partial charge is 0.494 e. The van der Waals surface area contributed by atoms with Crippen molar-refractivity contribution in [1.29, 1.82) is 0 Å². The Labute approximate surface area is 201 Å². The van der Waals surface area contributed by atoms with Crippen molar-refractivity contribution in [2.24, 2.45) is 0 Å². The lowest BCUT2D eigenvalue weighted by molar-refractivity contribution is 0.0951. The Bertz CT molecular complexity index is 1030. The molecule has 34 heavy (non-hydrogen) atoms. The third-order valence-electron chi connectivity index (χ3n) is 5.55. The summed E-state index contributed by atoms with van der Waals surface area (Å²) in [5.41, 5.74) is 1.94. The summed E-state index contributed by atoms with van der Waals surface area (Å²) in [5.74, 6) is 0.510. The van der Waals surface area contributed by atoms with Crippen molar-refractivity contribution < 1.29 is 23.1 Å². The van der Waals surface area contributed by atoms with Crippen LogP contribution in [-0.4, -0.2) is 76.0 Å². The number of hydrogen-bond acceptors (Lipinski definition) is 7. The van der Waals surface area contributed by atoms with E-state index in [1.54, 1.807) is 18.2 Å². The number of piperazine rings is 1. The third-order valence-corrected chi connectivity index (χ3v) is 6.15. The maximum Gasteiger partial charge on any atom is 0.251 e. The molecule has 1 atom stereocenters. The summed E-state index contributed by atoms with van der Waals surface area (Å²) in [7, 11) is -3.40. The summed E-state index contributed by atoms with van der Waals surface area (Å²) in [5, 5.41) is 15.5. The summed E-state index contributed by atoms with van der Waals surface area (Å²) in [6, 6.07) is 14.7. The van der Waals surface area contributed by atoms with E-state index in [-0.39, 0.29) is 12.5 Å². The zero-order chi connectivity index (χ0) is 24.4.